The molecule has 9 rings (SSSR count). The van der Waals surface area contributed by atoms with Gasteiger partial charge in [0.1, 0.15) is 43.1 Å². The van der Waals surface area contributed by atoms with Crippen LogP contribution in [0.25, 0.3) is 0 Å². The van der Waals surface area contributed by atoms with Gasteiger partial charge in [-0.15, -0.1) is 0 Å². The molecule has 7 nitrogen and oxygen atoms in total. The number of carbonyl (C=O) groups excluding carboxylic acids is 2. The maximum absolute atomic E-state index is 14.6. The Balaban J connectivity index is 0.000000158. The van der Waals surface area contributed by atoms with Gasteiger partial charge in [0.2, 0.25) is 5.91 Å². The van der Waals surface area contributed by atoms with Crippen molar-refractivity contribution in [3.05, 3.63) is 142 Å². The number of benzene rings is 4. The molecule has 1 fully saturated rings. The van der Waals surface area contributed by atoms with Crippen molar-refractivity contribution in [1.29, 1.82) is 0 Å². The smallest absolute Gasteiger partial charge is 0.261 e. The maximum atomic E-state index is 14.6. The van der Waals surface area contributed by atoms with Gasteiger partial charge < -0.3 is 5.32 Å². The number of hydrazone groups is 2. The molecule has 3 atom stereocenters. The first-order chi connectivity index (χ1) is 26.6. The summed E-state index contributed by atoms with van der Waals surface area (Å²) in [5.74, 6) is -2.43. The predicted molar refractivity (Wildman–Crippen MR) is 208 cm³/mol. The summed E-state index contributed by atoms with van der Waals surface area (Å²) < 4.78 is 56.3. The lowest BCUT2D eigenvalue weighted by Gasteiger charge is -2.41. The third-order valence-corrected chi connectivity index (χ3v) is 13.7. The number of rotatable bonds is 3. The average molecular weight is 786 g/mol. The van der Waals surface area contributed by atoms with Gasteiger partial charge in [-0.05, 0) is 117 Å². The molecule has 1 N–H and O–H groups in total. The average Bonchev–Trinajstić information content (AvgIpc) is 3.77. The zero-order valence-electron chi connectivity index (χ0n) is 30.2. The van der Waals surface area contributed by atoms with Gasteiger partial charge in [0.25, 0.3) is 5.91 Å². The molecule has 1 saturated heterocycles. The lowest BCUT2D eigenvalue weighted by Crippen LogP contribution is -2.52. The number of thioether (sulfide) groups is 2. The van der Waals surface area contributed by atoms with E-state index in [2.05, 4.69) is 27.7 Å². The van der Waals surface area contributed by atoms with Crippen molar-refractivity contribution in [2.75, 3.05) is 6.54 Å². The van der Waals surface area contributed by atoms with E-state index in [-0.39, 0.29) is 29.0 Å². The van der Waals surface area contributed by atoms with Crippen LogP contribution in [-0.2, 0) is 32.2 Å². The summed E-state index contributed by atoms with van der Waals surface area (Å²) >= 11 is 2.71. The van der Waals surface area contributed by atoms with Crippen LogP contribution in [0.3, 0.4) is 0 Å². The Hall–Kier alpha value is -4.46. The number of aryl methyl sites for hydroxylation is 2. The summed E-state index contributed by atoms with van der Waals surface area (Å²) in [6.45, 7) is 2.25. The third kappa shape index (κ3) is 6.88. The van der Waals surface area contributed by atoms with E-state index in [0.717, 1.165) is 112 Å². The van der Waals surface area contributed by atoms with Crippen LogP contribution in [0.5, 0.6) is 0 Å². The number of carbonyl (C=O) groups is 2. The van der Waals surface area contributed by atoms with Crippen LogP contribution in [-0.4, -0.2) is 44.5 Å². The molecule has 0 radical (unpaired) electrons. The quantitative estimate of drug-likeness (QED) is 0.210. The number of fused-ring (bicyclic) bond motifs is 4. The molecule has 2 amide bonds. The molecule has 0 aromatic heterocycles. The van der Waals surface area contributed by atoms with Gasteiger partial charge >= 0.3 is 0 Å². The van der Waals surface area contributed by atoms with E-state index in [1.54, 1.807) is 5.01 Å². The van der Waals surface area contributed by atoms with E-state index in [1.165, 1.54) is 46.6 Å². The predicted octanol–water partition coefficient (Wildman–Crippen LogP) is 8.94. The van der Waals surface area contributed by atoms with E-state index in [1.807, 2.05) is 36.4 Å². The summed E-state index contributed by atoms with van der Waals surface area (Å²) in [4.78, 5) is 24.5. The topological polar surface area (TPSA) is 77.4 Å². The summed E-state index contributed by atoms with van der Waals surface area (Å²) in [6, 6.07) is 22.4. The highest BCUT2D eigenvalue weighted by Crippen LogP contribution is 2.55. The van der Waals surface area contributed by atoms with E-state index >= 15 is 0 Å². The molecule has 4 aromatic carbocycles. The second-order valence-electron chi connectivity index (χ2n) is 14.3. The number of amides is 2. The van der Waals surface area contributed by atoms with Crippen molar-refractivity contribution in [3.8, 4) is 0 Å². The minimum Gasteiger partial charge on any atom is -0.306 e. The first-order valence-electron chi connectivity index (χ1n) is 18.6. The van der Waals surface area contributed by atoms with E-state index in [4.69, 9.17) is 0 Å². The highest BCUT2D eigenvalue weighted by atomic mass is 32.2. The van der Waals surface area contributed by atoms with Crippen molar-refractivity contribution in [3.63, 3.8) is 0 Å². The van der Waals surface area contributed by atoms with Gasteiger partial charge in [0, 0.05) is 18.1 Å². The van der Waals surface area contributed by atoms with Gasteiger partial charge in [-0.2, -0.15) is 10.2 Å². The van der Waals surface area contributed by atoms with Crippen molar-refractivity contribution < 1.29 is 27.2 Å². The molecule has 0 bridgehead atoms. The number of piperidine rings is 1. The monoisotopic (exact) mass is 785 g/mol. The zero-order chi connectivity index (χ0) is 38.3. The largest absolute Gasteiger partial charge is 0.306 e. The molecule has 0 saturated carbocycles. The number of halogens is 4. The summed E-state index contributed by atoms with van der Waals surface area (Å²) in [5, 5.41) is 16.0. The SMILES string of the molecule is CC(=O)N1N=C(c2cc(F)ccc2F)SC12CCCc1ccccc12.O=C([C@@H]1CCCCN1)N1N=C(c2cc(F)ccc2F)SC12CCCc1ccccc12. The van der Waals surface area contributed by atoms with Gasteiger partial charge in [-0.3, -0.25) is 9.59 Å². The molecule has 3 aliphatic heterocycles. The summed E-state index contributed by atoms with van der Waals surface area (Å²) in [6.07, 6.45) is 7.92. The van der Waals surface area contributed by atoms with Gasteiger partial charge in [-0.25, -0.2) is 27.6 Å². The van der Waals surface area contributed by atoms with Crippen molar-refractivity contribution in [2.24, 2.45) is 10.2 Å². The van der Waals surface area contributed by atoms with Crippen LogP contribution < -0.4 is 5.32 Å². The van der Waals surface area contributed by atoms with Gasteiger partial charge in [0.05, 0.1) is 6.04 Å². The normalized spacial score (nSPS) is 24.1. The lowest BCUT2D eigenvalue weighted by atomic mass is 9.86. The highest BCUT2D eigenvalue weighted by Gasteiger charge is 2.52. The standard InChI is InChI=1S/C23H23F2N3OS.C19H16F2N2OS/c24-16-10-11-19(25)17(14-16)21-27-28(22(29)20-9-3-4-13-26-20)23(30-21)12-5-7-15-6-1-2-8-18(15)23;1-12(24)23-19(10-4-6-13-5-2-3-7-16(13)19)25-18(22-23)15-11-14(20)8-9-17(15)21/h1-2,6,8,10-11,14,20,26H,3-5,7,9,12-13H2;2-3,5,7-9,11H,4,6,10H2,1H3/t20-,23?;/m0./s1. The van der Waals surface area contributed by atoms with E-state index in [0.29, 0.717) is 10.1 Å². The number of nitrogens with zero attached hydrogens (tertiary/aromatic N) is 4. The summed E-state index contributed by atoms with van der Waals surface area (Å²) in [5.41, 5.74) is 4.62. The highest BCUT2D eigenvalue weighted by molar-refractivity contribution is 8.15. The Morgan fingerprint density at radius 1 is 0.691 bits per heavy atom. The van der Waals surface area contributed by atoms with Crippen LogP contribution in [0.15, 0.2) is 95.1 Å². The molecule has 55 heavy (non-hydrogen) atoms. The molecule has 2 unspecified atom stereocenters. The van der Waals surface area contributed by atoms with Crippen LogP contribution in [0.1, 0.15) is 85.3 Å². The molecule has 2 aliphatic carbocycles. The Bertz CT molecular complexity index is 2230. The minimum absolute atomic E-state index is 0.0919. The first kappa shape index (κ1) is 37.5. The molecular formula is C42H39F4N5O2S2. The van der Waals surface area contributed by atoms with Crippen molar-refractivity contribution in [1.82, 2.24) is 15.3 Å². The molecule has 3 heterocycles. The van der Waals surface area contributed by atoms with Gasteiger partial charge in [0.15, 0.2) is 0 Å². The third-order valence-electron chi connectivity index (χ3n) is 10.8. The molecule has 5 aliphatic rings. The Kier molecular flexibility index (Phi) is 10.4. The fourth-order valence-electron chi connectivity index (χ4n) is 8.29. The Morgan fingerprint density at radius 3 is 1.71 bits per heavy atom. The van der Waals surface area contributed by atoms with Crippen LogP contribution in [0, 0.1) is 23.3 Å². The molecule has 284 valence electrons. The fourth-order valence-corrected chi connectivity index (χ4v) is 11.3. The van der Waals surface area contributed by atoms with Crippen LogP contribution >= 0.6 is 23.5 Å². The lowest BCUT2D eigenvalue weighted by molar-refractivity contribution is -0.138. The van der Waals surface area contributed by atoms with Crippen molar-refractivity contribution >= 4 is 45.4 Å². The Labute approximate surface area is 325 Å². The van der Waals surface area contributed by atoms with Crippen LogP contribution in [0.2, 0.25) is 0 Å². The first-order valence-corrected chi connectivity index (χ1v) is 20.2. The molecule has 2 spiro atoms. The number of hydrogen-bond acceptors (Lipinski definition) is 7. The molecule has 4 aromatic rings. The van der Waals surface area contributed by atoms with E-state index < -0.39 is 33.0 Å². The summed E-state index contributed by atoms with van der Waals surface area (Å²) in [7, 11) is 0. The maximum Gasteiger partial charge on any atom is 0.261 e. The fraction of sp³-hybridized carbons (Fsp3) is 0.333. The second kappa shape index (κ2) is 15.2. The minimum atomic E-state index is -0.723. The van der Waals surface area contributed by atoms with E-state index in [9.17, 15) is 27.2 Å². The van der Waals surface area contributed by atoms with Gasteiger partial charge in [-0.1, -0.05) is 78.5 Å². The molecule has 13 heteroatoms. The van der Waals surface area contributed by atoms with Crippen molar-refractivity contribution in [2.45, 2.75) is 80.5 Å². The zero-order valence-corrected chi connectivity index (χ0v) is 31.8. The van der Waals surface area contributed by atoms with Crippen LogP contribution in [0.4, 0.5) is 17.6 Å². The number of hydrogen-bond donors (Lipinski definition) is 1. The molecular weight excluding hydrogens is 747 g/mol. The second-order valence-corrected chi connectivity index (χ2v) is 16.9. The Morgan fingerprint density at radius 2 is 1.20 bits per heavy atom. The number of nitrogens with one attached hydrogen (secondary N) is 1.